The standard InChI is InChI=1S/C13H21NOS/c1-3-9-14-10-6-11-16(15)13-8-5-4-7-12(13)2/h4-5,7-8,14H,3,6,9-11H2,1-2H3. The van der Waals surface area contributed by atoms with Crippen molar-refractivity contribution in [3.8, 4) is 0 Å². The summed E-state index contributed by atoms with van der Waals surface area (Å²) in [5.74, 6) is 0.752. The highest BCUT2D eigenvalue weighted by Crippen LogP contribution is 2.12. The van der Waals surface area contributed by atoms with Crippen LogP contribution >= 0.6 is 0 Å². The molecule has 1 rings (SSSR count). The Morgan fingerprint density at radius 2 is 2.00 bits per heavy atom. The topological polar surface area (TPSA) is 29.1 Å². The molecule has 16 heavy (non-hydrogen) atoms. The van der Waals surface area contributed by atoms with E-state index in [1.54, 1.807) is 0 Å². The molecule has 0 aliphatic carbocycles. The van der Waals surface area contributed by atoms with Gasteiger partial charge in [-0.05, 0) is 44.5 Å². The van der Waals surface area contributed by atoms with Gasteiger partial charge in [0.1, 0.15) is 0 Å². The van der Waals surface area contributed by atoms with Gasteiger partial charge in [0.25, 0.3) is 0 Å². The van der Waals surface area contributed by atoms with Gasteiger partial charge >= 0.3 is 0 Å². The lowest BCUT2D eigenvalue weighted by atomic mass is 10.2. The first-order valence-electron chi connectivity index (χ1n) is 5.90. The van der Waals surface area contributed by atoms with Crippen molar-refractivity contribution in [2.75, 3.05) is 18.8 Å². The molecule has 1 N–H and O–H groups in total. The van der Waals surface area contributed by atoms with Crippen molar-refractivity contribution in [1.82, 2.24) is 5.32 Å². The summed E-state index contributed by atoms with van der Waals surface area (Å²) in [7, 11) is -0.840. The fourth-order valence-corrected chi connectivity index (χ4v) is 2.84. The Morgan fingerprint density at radius 3 is 2.69 bits per heavy atom. The van der Waals surface area contributed by atoms with Crippen LogP contribution in [0.25, 0.3) is 0 Å². The number of hydrogen-bond acceptors (Lipinski definition) is 2. The molecule has 1 aromatic rings. The summed E-state index contributed by atoms with van der Waals surface area (Å²) in [6, 6.07) is 7.92. The van der Waals surface area contributed by atoms with Crippen LogP contribution in [0.2, 0.25) is 0 Å². The fourth-order valence-electron chi connectivity index (χ4n) is 1.55. The fraction of sp³-hybridized carbons (Fsp3) is 0.538. The average molecular weight is 239 g/mol. The highest BCUT2D eigenvalue weighted by molar-refractivity contribution is 7.85. The third kappa shape index (κ3) is 4.45. The lowest BCUT2D eigenvalue weighted by molar-refractivity contribution is 0.652. The molecule has 0 aliphatic rings. The molecule has 0 aromatic heterocycles. The molecular weight excluding hydrogens is 218 g/mol. The molecule has 0 radical (unpaired) electrons. The molecular formula is C13H21NOS. The summed E-state index contributed by atoms with van der Waals surface area (Å²) < 4.78 is 12.0. The second kappa shape index (κ2) is 7.58. The van der Waals surface area contributed by atoms with Gasteiger partial charge in [0.05, 0.1) is 10.8 Å². The van der Waals surface area contributed by atoms with E-state index in [1.807, 2.05) is 31.2 Å². The lowest BCUT2D eigenvalue weighted by Crippen LogP contribution is -2.17. The van der Waals surface area contributed by atoms with Crippen LogP contribution in [0.15, 0.2) is 29.2 Å². The molecule has 2 nitrogen and oxygen atoms in total. The maximum absolute atomic E-state index is 12.0. The maximum Gasteiger partial charge on any atom is 0.0532 e. The van der Waals surface area contributed by atoms with Gasteiger partial charge in [-0.2, -0.15) is 0 Å². The van der Waals surface area contributed by atoms with Gasteiger partial charge in [0.15, 0.2) is 0 Å². The van der Waals surface area contributed by atoms with Crippen molar-refractivity contribution < 1.29 is 4.21 Å². The average Bonchev–Trinajstić information content (AvgIpc) is 2.29. The molecule has 0 saturated heterocycles. The molecule has 1 aromatic carbocycles. The number of nitrogens with one attached hydrogen (secondary N) is 1. The summed E-state index contributed by atoms with van der Waals surface area (Å²) in [6.07, 6.45) is 2.13. The van der Waals surface area contributed by atoms with Crippen LogP contribution < -0.4 is 5.32 Å². The number of rotatable bonds is 7. The zero-order chi connectivity index (χ0) is 11.8. The molecule has 0 fully saturated rings. The predicted molar refractivity (Wildman–Crippen MR) is 70.2 cm³/mol. The lowest BCUT2D eigenvalue weighted by Gasteiger charge is -2.06. The summed E-state index contributed by atoms with van der Waals surface area (Å²) in [6.45, 7) is 6.18. The monoisotopic (exact) mass is 239 g/mol. The second-order valence-electron chi connectivity index (χ2n) is 3.92. The Morgan fingerprint density at radius 1 is 1.25 bits per heavy atom. The first kappa shape index (κ1) is 13.4. The van der Waals surface area contributed by atoms with Crippen LogP contribution in [0.4, 0.5) is 0 Å². The van der Waals surface area contributed by atoms with Gasteiger partial charge in [-0.1, -0.05) is 25.1 Å². The summed E-state index contributed by atoms with van der Waals surface area (Å²) in [5.41, 5.74) is 1.13. The van der Waals surface area contributed by atoms with E-state index in [2.05, 4.69) is 12.2 Å². The zero-order valence-electron chi connectivity index (χ0n) is 10.2. The van der Waals surface area contributed by atoms with E-state index in [1.165, 1.54) is 0 Å². The van der Waals surface area contributed by atoms with Crippen molar-refractivity contribution in [3.05, 3.63) is 29.8 Å². The van der Waals surface area contributed by atoms with E-state index >= 15 is 0 Å². The van der Waals surface area contributed by atoms with E-state index in [0.29, 0.717) is 0 Å². The molecule has 1 atom stereocenters. The Kier molecular flexibility index (Phi) is 6.34. The van der Waals surface area contributed by atoms with Crippen LogP contribution in [0.3, 0.4) is 0 Å². The highest BCUT2D eigenvalue weighted by atomic mass is 32.2. The van der Waals surface area contributed by atoms with E-state index in [9.17, 15) is 4.21 Å². The molecule has 1 unspecified atom stereocenters. The maximum atomic E-state index is 12.0. The van der Waals surface area contributed by atoms with Crippen molar-refractivity contribution in [3.63, 3.8) is 0 Å². The zero-order valence-corrected chi connectivity index (χ0v) is 11.0. The second-order valence-corrected chi connectivity index (χ2v) is 5.46. The van der Waals surface area contributed by atoms with Gasteiger partial charge in [-0.3, -0.25) is 4.21 Å². The summed E-state index contributed by atoms with van der Waals surface area (Å²) >= 11 is 0. The van der Waals surface area contributed by atoms with E-state index in [-0.39, 0.29) is 0 Å². The Labute approximate surface area is 101 Å². The molecule has 0 amide bonds. The number of hydrogen-bond donors (Lipinski definition) is 1. The normalized spacial score (nSPS) is 12.6. The minimum Gasteiger partial charge on any atom is -0.317 e. The molecule has 0 aliphatic heterocycles. The first-order valence-corrected chi connectivity index (χ1v) is 7.22. The Bertz CT molecular complexity index is 338. The van der Waals surface area contributed by atoms with E-state index in [4.69, 9.17) is 0 Å². The van der Waals surface area contributed by atoms with Gasteiger partial charge < -0.3 is 5.32 Å². The van der Waals surface area contributed by atoms with Crippen LogP contribution in [0.1, 0.15) is 25.3 Å². The third-order valence-electron chi connectivity index (χ3n) is 2.45. The Balaban J connectivity index is 2.33. The van der Waals surface area contributed by atoms with Crippen molar-refractivity contribution in [2.24, 2.45) is 0 Å². The highest BCUT2D eigenvalue weighted by Gasteiger charge is 2.05. The molecule has 0 saturated carbocycles. The molecule has 0 heterocycles. The van der Waals surface area contributed by atoms with Crippen molar-refractivity contribution in [1.29, 1.82) is 0 Å². The predicted octanol–water partition coefficient (Wildman–Crippen LogP) is 2.49. The van der Waals surface area contributed by atoms with Gasteiger partial charge in [-0.25, -0.2) is 0 Å². The molecule has 0 spiro atoms. The number of aryl methyl sites for hydroxylation is 1. The molecule has 90 valence electrons. The van der Waals surface area contributed by atoms with Crippen LogP contribution in [0, 0.1) is 6.92 Å². The van der Waals surface area contributed by atoms with Crippen LogP contribution in [0.5, 0.6) is 0 Å². The summed E-state index contributed by atoms with van der Waals surface area (Å²) in [4.78, 5) is 0.984. The smallest absolute Gasteiger partial charge is 0.0532 e. The van der Waals surface area contributed by atoms with E-state index in [0.717, 1.165) is 42.1 Å². The first-order chi connectivity index (χ1) is 7.75. The van der Waals surface area contributed by atoms with Crippen molar-refractivity contribution in [2.45, 2.75) is 31.6 Å². The minimum atomic E-state index is -0.840. The molecule has 3 heteroatoms. The quantitative estimate of drug-likeness (QED) is 0.741. The van der Waals surface area contributed by atoms with Gasteiger partial charge in [0, 0.05) is 10.6 Å². The summed E-state index contributed by atoms with van der Waals surface area (Å²) in [5, 5.41) is 3.32. The molecule has 0 bridgehead atoms. The minimum absolute atomic E-state index is 0.752. The van der Waals surface area contributed by atoms with Crippen LogP contribution in [-0.2, 0) is 10.8 Å². The van der Waals surface area contributed by atoms with E-state index < -0.39 is 10.8 Å². The number of benzene rings is 1. The van der Waals surface area contributed by atoms with Crippen LogP contribution in [-0.4, -0.2) is 23.1 Å². The Hall–Kier alpha value is -0.670. The van der Waals surface area contributed by atoms with Gasteiger partial charge in [-0.15, -0.1) is 0 Å². The SMILES string of the molecule is CCCNCCCS(=O)c1ccccc1C. The van der Waals surface area contributed by atoms with Crippen molar-refractivity contribution >= 4 is 10.8 Å². The largest absolute Gasteiger partial charge is 0.317 e. The van der Waals surface area contributed by atoms with Gasteiger partial charge in [0.2, 0.25) is 0 Å². The third-order valence-corrected chi connectivity index (χ3v) is 4.06.